The number of rotatable bonds is 3. The summed E-state index contributed by atoms with van der Waals surface area (Å²) in [6, 6.07) is 13.4. The average Bonchev–Trinajstić information content (AvgIpc) is 2.79. The van der Waals surface area contributed by atoms with Crippen LogP contribution in [0.15, 0.2) is 58.6 Å². The second-order valence-corrected chi connectivity index (χ2v) is 7.29. The van der Waals surface area contributed by atoms with Gasteiger partial charge in [-0.25, -0.2) is 8.42 Å². The van der Waals surface area contributed by atoms with Crippen LogP contribution in [0.2, 0.25) is 0 Å². The van der Waals surface area contributed by atoms with Crippen LogP contribution in [0.5, 0.6) is 0 Å². The summed E-state index contributed by atoms with van der Waals surface area (Å²) in [6.07, 6.45) is 1.15. The Labute approximate surface area is 133 Å². The molecule has 0 atom stereocenters. The van der Waals surface area contributed by atoms with Crippen LogP contribution < -0.4 is 4.90 Å². The van der Waals surface area contributed by atoms with E-state index in [1.54, 1.807) is 36.4 Å². The molecule has 2 aromatic rings. The third-order valence-corrected chi connectivity index (χ3v) is 4.82. The Morgan fingerprint density at radius 2 is 1.74 bits per heavy atom. The maximum atomic E-state index is 12.4. The normalized spacial score (nSPS) is 16.0. The van der Waals surface area contributed by atoms with Gasteiger partial charge in [0.05, 0.1) is 17.1 Å². The molecule has 7 heteroatoms. The van der Waals surface area contributed by atoms with Crippen LogP contribution in [0.3, 0.4) is 0 Å². The highest BCUT2D eigenvalue weighted by atomic mass is 32.2. The molecule has 0 fully saturated rings. The van der Waals surface area contributed by atoms with Crippen molar-refractivity contribution in [2.45, 2.75) is 11.4 Å². The number of nitrogens with zero attached hydrogens (tertiary/aromatic N) is 2. The zero-order valence-corrected chi connectivity index (χ0v) is 13.1. The Morgan fingerprint density at radius 1 is 1.09 bits per heavy atom. The number of hydrogen-bond acceptors (Lipinski definition) is 5. The van der Waals surface area contributed by atoms with Gasteiger partial charge in [0.25, 0.3) is 5.91 Å². The van der Waals surface area contributed by atoms with Gasteiger partial charge in [0.15, 0.2) is 15.5 Å². The lowest BCUT2D eigenvalue weighted by atomic mass is 10.1. The monoisotopic (exact) mass is 330 g/mol. The van der Waals surface area contributed by atoms with E-state index in [1.807, 2.05) is 0 Å². The fourth-order valence-corrected chi connectivity index (χ4v) is 3.17. The topological polar surface area (TPSA) is 87.0 Å². The molecule has 1 aliphatic heterocycles. The van der Waals surface area contributed by atoms with Crippen LogP contribution >= 0.6 is 0 Å². The number of benzene rings is 2. The molecule has 23 heavy (non-hydrogen) atoms. The lowest BCUT2D eigenvalue weighted by Gasteiger charge is -2.17. The summed E-state index contributed by atoms with van der Waals surface area (Å²) < 4.78 is 23.0. The molecule has 1 N–H and O–H groups in total. The first-order valence-corrected chi connectivity index (χ1v) is 8.73. The van der Waals surface area contributed by atoms with Crippen LogP contribution in [0.4, 0.5) is 5.69 Å². The number of amides is 1. The van der Waals surface area contributed by atoms with Crippen molar-refractivity contribution in [1.29, 1.82) is 0 Å². The predicted octanol–water partition coefficient (Wildman–Crippen LogP) is 1.82. The van der Waals surface area contributed by atoms with Gasteiger partial charge in [-0.1, -0.05) is 35.5 Å². The first kappa shape index (κ1) is 15.2. The largest absolute Gasteiger partial charge is 0.410 e. The van der Waals surface area contributed by atoms with E-state index in [0.717, 1.165) is 11.8 Å². The van der Waals surface area contributed by atoms with Gasteiger partial charge in [-0.05, 0) is 23.8 Å². The highest BCUT2D eigenvalue weighted by Crippen LogP contribution is 2.30. The minimum Gasteiger partial charge on any atom is -0.410 e. The van der Waals surface area contributed by atoms with Crippen molar-refractivity contribution in [3.8, 4) is 0 Å². The van der Waals surface area contributed by atoms with E-state index in [-0.39, 0.29) is 23.1 Å². The zero-order valence-electron chi connectivity index (χ0n) is 12.3. The third kappa shape index (κ3) is 2.70. The Balaban J connectivity index is 1.93. The van der Waals surface area contributed by atoms with E-state index in [2.05, 4.69) is 5.16 Å². The summed E-state index contributed by atoms with van der Waals surface area (Å²) >= 11 is 0. The highest BCUT2D eigenvalue weighted by Gasteiger charge is 2.34. The van der Waals surface area contributed by atoms with Crippen LogP contribution in [-0.4, -0.2) is 31.5 Å². The Hall–Kier alpha value is -2.67. The Kier molecular flexibility index (Phi) is 3.65. The lowest BCUT2D eigenvalue weighted by molar-refractivity contribution is -0.112. The molecule has 2 aromatic carbocycles. The van der Waals surface area contributed by atoms with Gasteiger partial charge in [-0.15, -0.1) is 0 Å². The van der Waals surface area contributed by atoms with Gasteiger partial charge < -0.3 is 10.1 Å². The molecule has 1 heterocycles. The number of carbonyl (C=O) groups excluding carboxylic acids is 1. The first-order valence-electron chi connectivity index (χ1n) is 6.84. The number of sulfone groups is 1. The van der Waals surface area contributed by atoms with Crippen molar-refractivity contribution in [3.63, 3.8) is 0 Å². The van der Waals surface area contributed by atoms with Gasteiger partial charge in [0.2, 0.25) is 0 Å². The molecule has 1 amide bonds. The molecule has 118 valence electrons. The maximum absolute atomic E-state index is 12.4. The van der Waals surface area contributed by atoms with Gasteiger partial charge in [-0.3, -0.25) is 4.79 Å². The molecule has 0 saturated carbocycles. The van der Waals surface area contributed by atoms with Crippen LogP contribution in [-0.2, 0) is 21.2 Å². The fraction of sp³-hybridized carbons (Fsp3) is 0.125. The van der Waals surface area contributed by atoms with Crippen molar-refractivity contribution in [1.82, 2.24) is 0 Å². The SMILES string of the molecule is CS(=O)(=O)c1ccc(CN2C(=O)/C(=N\O)c3ccccc32)cc1. The lowest BCUT2D eigenvalue weighted by Crippen LogP contribution is -2.29. The summed E-state index contributed by atoms with van der Waals surface area (Å²) in [5, 5.41) is 12.2. The average molecular weight is 330 g/mol. The number of hydrogen-bond donors (Lipinski definition) is 1. The molecular weight excluding hydrogens is 316 g/mol. The van der Waals surface area contributed by atoms with E-state index in [0.29, 0.717) is 11.3 Å². The standard InChI is InChI=1S/C16H14N2O4S/c1-23(21,22)12-8-6-11(7-9-12)10-18-14-5-3-2-4-13(14)15(17-20)16(18)19/h2-9,20H,10H2,1H3/b17-15-. The van der Waals surface area contributed by atoms with Crippen LogP contribution in [0.25, 0.3) is 0 Å². The minimum atomic E-state index is -3.25. The molecule has 1 aliphatic rings. The first-order chi connectivity index (χ1) is 10.9. The van der Waals surface area contributed by atoms with Crippen LogP contribution in [0, 0.1) is 0 Å². The summed E-state index contributed by atoms with van der Waals surface area (Å²) in [5.41, 5.74) is 2.03. The summed E-state index contributed by atoms with van der Waals surface area (Å²) in [5.74, 6) is -0.388. The molecule has 0 aromatic heterocycles. The van der Waals surface area contributed by atoms with Crippen molar-refractivity contribution < 1.29 is 18.4 Å². The summed E-state index contributed by atoms with van der Waals surface area (Å²) in [4.78, 5) is 14.1. The molecule has 0 bridgehead atoms. The number of oxime groups is 1. The molecule has 0 unspecified atom stereocenters. The van der Waals surface area contributed by atoms with E-state index < -0.39 is 9.84 Å². The summed E-state index contributed by atoms with van der Waals surface area (Å²) in [7, 11) is -3.25. The highest BCUT2D eigenvalue weighted by molar-refractivity contribution is 7.90. The molecule has 0 spiro atoms. The summed E-state index contributed by atoms with van der Waals surface area (Å²) in [6.45, 7) is 0.263. The predicted molar refractivity (Wildman–Crippen MR) is 85.5 cm³/mol. The van der Waals surface area contributed by atoms with E-state index in [9.17, 15) is 13.2 Å². The minimum absolute atomic E-state index is 0.00774. The number of carbonyl (C=O) groups is 1. The smallest absolute Gasteiger partial charge is 0.281 e. The van der Waals surface area contributed by atoms with Crippen molar-refractivity contribution in [2.24, 2.45) is 5.16 Å². The zero-order chi connectivity index (χ0) is 16.6. The van der Waals surface area contributed by atoms with E-state index in [1.165, 1.54) is 17.0 Å². The van der Waals surface area contributed by atoms with E-state index in [4.69, 9.17) is 5.21 Å². The van der Waals surface area contributed by atoms with Gasteiger partial charge in [0.1, 0.15) is 0 Å². The van der Waals surface area contributed by atoms with Gasteiger partial charge in [0, 0.05) is 11.8 Å². The second-order valence-electron chi connectivity index (χ2n) is 5.27. The van der Waals surface area contributed by atoms with Crippen LogP contribution in [0.1, 0.15) is 11.1 Å². The van der Waals surface area contributed by atoms with Crippen molar-refractivity contribution >= 4 is 27.1 Å². The third-order valence-electron chi connectivity index (χ3n) is 3.69. The van der Waals surface area contributed by atoms with Crippen molar-refractivity contribution in [2.75, 3.05) is 11.2 Å². The molecule has 0 aliphatic carbocycles. The Bertz CT molecular complexity index is 902. The molecule has 0 radical (unpaired) electrons. The van der Waals surface area contributed by atoms with Gasteiger partial charge in [-0.2, -0.15) is 0 Å². The van der Waals surface area contributed by atoms with E-state index >= 15 is 0 Å². The quantitative estimate of drug-likeness (QED) is 0.687. The van der Waals surface area contributed by atoms with Crippen molar-refractivity contribution in [3.05, 3.63) is 59.7 Å². The number of anilines is 1. The Morgan fingerprint density at radius 3 is 2.35 bits per heavy atom. The molecule has 6 nitrogen and oxygen atoms in total. The number of fused-ring (bicyclic) bond motifs is 1. The molecular formula is C16H14N2O4S. The number of para-hydroxylation sites is 1. The fourth-order valence-electron chi connectivity index (χ4n) is 2.54. The molecule has 3 rings (SSSR count). The maximum Gasteiger partial charge on any atom is 0.281 e. The van der Waals surface area contributed by atoms with Gasteiger partial charge >= 0.3 is 0 Å². The molecule has 0 saturated heterocycles. The second kappa shape index (κ2) is 5.51.